The Kier molecular flexibility index (Phi) is 4.29. The number of ketones is 3. The molecule has 0 radical (unpaired) electrons. The van der Waals surface area contributed by atoms with Gasteiger partial charge in [-0.3, -0.25) is 14.4 Å². The zero-order valence-corrected chi connectivity index (χ0v) is 6.55. The molecule has 0 N–H and O–H groups in total. The third kappa shape index (κ3) is 4.38. The molecule has 0 atom stereocenters. The average Bonchev–Trinajstić information content (AvgIpc) is 1.87. The number of carbonyl (C=O) groups is 3. The van der Waals surface area contributed by atoms with Gasteiger partial charge in [-0.2, -0.15) is 0 Å². The summed E-state index contributed by atoms with van der Waals surface area (Å²) in [4.78, 5) is 31.6. The maximum Gasteiger partial charge on any atom is 0.205 e. The molecule has 0 bridgehead atoms. The standard InChI is InChI=1S/C7H10O4/c1-5(8)7(10)3-6(9)4-11-2/h3-4H2,1-2H3. The summed E-state index contributed by atoms with van der Waals surface area (Å²) >= 11 is 0. The normalized spacial score (nSPS) is 9.27. The predicted molar refractivity (Wildman–Crippen MR) is 37.2 cm³/mol. The van der Waals surface area contributed by atoms with Gasteiger partial charge in [0.15, 0.2) is 11.6 Å². The third-order valence-corrected chi connectivity index (χ3v) is 1.06. The average molecular weight is 158 g/mol. The van der Waals surface area contributed by atoms with Crippen molar-refractivity contribution in [3.63, 3.8) is 0 Å². The fraction of sp³-hybridized carbons (Fsp3) is 0.571. The van der Waals surface area contributed by atoms with Gasteiger partial charge in [-0.25, -0.2) is 0 Å². The van der Waals surface area contributed by atoms with E-state index in [1.165, 1.54) is 7.11 Å². The number of methoxy groups -OCH3 is 1. The van der Waals surface area contributed by atoms with E-state index in [2.05, 4.69) is 4.74 Å². The van der Waals surface area contributed by atoms with Crippen LogP contribution in [0.1, 0.15) is 13.3 Å². The molecule has 0 unspecified atom stereocenters. The fourth-order valence-electron chi connectivity index (χ4n) is 0.516. The molecule has 0 rings (SSSR count). The Morgan fingerprint density at radius 2 is 1.82 bits per heavy atom. The molecular weight excluding hydrogens is 148 g/mol. The van der Waals surface area contributed by atoms with Gasteiger partial charge in [0.2, 0.25) is 5.78 Å². The van der Waals surface area contributed by atoms with Crippen LogP contribution in [0.2, 0.25) is 0 Å². The van der Waals surface area contributed by atoms with Crippen molar-refractivity contribution in [2.75, 3.05) is 13.7 Å². The first kappa shape index (κ1) is 9.97. The van der Waals surface area contributed by atoms with Crippen LogP contribution in [0.3, 0.4) is 0 Å². The molecule has 0 aliphatic heterocycles. The molecule has 0 aromatic rings. The number of hydrogen-bond acceptors (Lipinski definition) is 4. The van der Waals surface area contributed by atoms with Crippen LogP contribution in [0.15, 0.2) is 0 Å². The van der Waals surface area contributed by atoms with Crippen LogP contribution in [-0.4, -0.2) is 31.1 Å². The van der Waals surface area contributed by atoms with E-state index in [-0.39, 0.29) is 18.8 Å². The van der Waals surface area contributed by atoms with Crippen molar-refractivity contribution in [3.8, 4) is 0 Å². The van der Waals surface area contributed by atoms with Gasteiger partial charge in [0, 0.05) is 14.0 Å². The quantitative estimate of drug-likeness (QED) is 0.409. The summed E-state index contributed by atoms with van der Waals surface area (Å²) in [6.07, 6.45) is -0.344. The topological polar surface area (TPSA) is 60.4 Å². The van der Waals surface area contributed by atoms with Crippen molar-refractivity contribution < 1.29 is 19.1 Å². The number of rotatable bonds is 5. The van der Waals surface area contributed by atoms with Crippen molar-refractivity contribution in [1.82, 2.24) is 0 Å². The molecule has 0 fully saturated rings. The zero-order chi connectivity index (χ0) is 8.85. The Bertz CT molecular complexity index is 183. The van der Waals surface area contributed by atoms with E-state index in [1.807, 2.05) is 0 Å². The minimum Gasteiger partial charge on any atom is -0.377 e. The summed E-state index contributed by atoms with van der Waals surface area (Å²) in [6, 6.07) is 0. The van der Waals surface area contributed by atoms with E-state index >= 15 is 0 Å². The predicted octanol–water partition coefficient (Wildman–Crippen LogP) is -0.250. The Labute approximate surface area is 64.5 Å². The lowest BCUT2D eigenvalue weighted by Crippen LogP contribution is -2.17. The van der Waals surface area contributed by atoms with Gasteiger partial charge < -0.3 is 4.74 Å². The lowest BCUT2D eigenvalue weighted by Gasteiger charge is -1.94. The molecule has 62 valence electrons. The second-order valence-corrected chi connectivity index (χ2v) is 2.13. The largest absolute Gasteiger partial charge is 0.377 e. The van der Waals surface area contributed by atoms with Gasteiger partial charge >= 0.3 is 0 Å². The Hall–Kier alpha value is -1.03. The van der Waals surface area contributed by atoms with Crippen LogP contribution in [0.25, 0.3) is 0 Å². The monoisotopic (exact) mass is 158 g/mol. The highest BCUT2D eigenvalue weighted by atomic mass is 16.5. The molecule has 4 nitrogen and oxygen atoms in total. The number of ether oxygens (including phenoxy) is 1. The maximum atomic E-state index is 10.7. The van der Waals surface area contributed by atoms with E-state index in [1.54, 1.807) is 0 Å². The maximum absolute atomic E-state index is 10.7. The molecule has 0 aliphatic carbocycles. The van der Waals surface area contributed by atoms with E-state index in [0.29, 0.717) is 0 Å². The first-order chi connectivity index (χ1) is 5.07. The van der Waals surface area contributed by atoms with Crippen LogP contribution in [-0.2, 0) is 19.1 Å². The highest BCUT2D eigenvalue weighted by Gasteiger charge is 2.12. The number of hydrogen-bond donors (Lipinski definition) is 0. The molecule has 0 aromatic heterocycles. The number of Topliss-reactive ketones (excluding diaryl/α,β-unsaturated/α-hetero) is 3. The molecule has 11 heavy (non-hydrogen) atoms. The van der Waals surface area contributed by atoms with Crippen molar-refractivity contribution in [3.05, 3.63) is 0 Å². The van der Waals surface area contributed by atoms with Crippen LogP contribution < -0.4 is 0 Å². The fourth-order valence-corrected chi connectivity index (χ4v) is 0.516. The summed E-state index contributed by atoms with van der Waals surface area (Å²) in [6.45, 7) is 1.03. The van der Waals surface area contributed by atoms with E-state index in [4.69, 9.17) is 0 Å². The molecule has 0 spiro atoms. The molecule has 0 saturated carbocycles. The molecule has 0 aromatic carbocycles. The lowest BCUT2D eigenvalue weighted by molar-refractivity contribution is -0.138. The van der Waals surface area contributed by atoms with Crippen LogP contribution >= 0.6 is 0 Å². The van der Waals surface area contributed by atoms with Crippen LogP contribution in [0.4, 0.5) is 0 Å². The smallest absolute Gasteiger partial charge is 0.205 e. The van der Waals surface area contributed by atoms with Crippen LogP contribution in [0.5, 0.6) is 0 Å². The molecule has 0 saturated heterocycles. The Morgan fingerprint density at radius 3 is 2.18 bits per heavy atom. The second-order valence-electron chi connectivity index (χ2n) is 2.13. The first-order valence-corrected chi connectivity index (χ1v) is 3.12. The minimum absolute atomic E-state index is 0.112. The summed E-state index contributed by atoms with van der Waals surface area (Å²) in [5.74, 6) is -1.62. The van der Waals surface area contributed by atoms with Gasteiger partial charge in [-0.1, -0.05) is 0 Å². The first-order valence-electron chi connectivity index (χ1n) is 3.12. The van der Waals surface area contributed by atoms with E-state index in [0.717, 1.165) is 6.92 Å². The van der Waals surface area contributed by atoms with Crippen LogP contribution in [0, 0.1) is 0 Å². The summed E-state index contributed by atoms with van der Waals surface area (Å²) in [5.41, 5.74) is 0. The highest BCUT2D eigenvalue weighted by Crippen LogP contribution is 1.87. The second kappa shape index (κ2) is 4.73. The van der Waals surface area contributed by atoms with Crippen molar-refractivity contribution >= 4 is 17.3 Å². The Balaban J connectivity index is 3.76. The van der Waals surface area contributed by atoms with Gasteiger partial charge in [0.1, 0.15) is 6.61 Å². The summed E-state index contributed by atoms with van der Waals surface area (Å²) < 4.78 is 4.47. The van der Waals surface area contributed by atoms with Gasteiger partial charge in [0.25, 0.3) is 0 Å². The highest BCUT2D eigenvalue weighted by molar-refractivity contribution is 6.39. The van der Waals surface area contributed by atoms with Crippen molar-refractivity contribution in [1.29, 1.82) is 0 Å². The van der Waals surface area contributed by atoms with Gasteiger partial charge in [0.05, 0.1) is 6.42 Å². The van der Waals surface area contributed by atoms with E-state index < -0.39 is 11.6 Å². The molecule has 0 heterocycles. The molecule has 0 aliphatic rings. The summed E-state index contributed by atoms with van der Waals surface area (Å²) in [7, 11) is 1.36. The third-order valence-electron chi connectivity index (χ3n) is 1.06. The SMILES string of the molecule is COCC(=O)CC(=O)C(C)=O. The van der Waals surface area contributed by atoms with E-state index in [9.17, 15) is 14.4 Å². The summed E-state index contributed by atoms with van der Waals surface area (Å²) in [5, 5.41) is 0. The number of carbonyl (C=O) groups excluding carboxylic acids is 3. The zero-order valence-electron chi connectivity index (χ0n) is 6.55. The van der Waals surface area contributed by atoms with Crippen molar-refractivity contribution in [2.24, 2.45) is 0 Å². The van der Waals surface area contributed by atoms with Gasteiger partial charge in [-0.15, -0.1) is 0 Å². The molecule has 4 heteroatoms. The Morgan fingerprint density at radius 1 is 1.27 bits per heavy atom. The minimum atomic E-state index is -0.660. The molecule has 0 amide bonds. The lowest BCUT2D eigenvalue weighted by atomic mass is 10.1. The van der Waals surface area contributed by atoms with Gasteiger partial charge in [-0.05, 0) is 0 Å². The molecular formula is C7H10O4. The van der Waals surface area contributed by atoms with Crippen molar-refractivity contribution in [2.45, 2.75) is 13.3 Å².